The molecule has 2 aromatic heterocycles. The molecule has 0 aliphatic heterocycles. The van der Waals surface area contributed by atoms with Crippen LogP contribution in [0.4, 0.5) is 14.9 Å². The quantitative estimate of drug-likeness (QED) is 0.365. The number of hydrogen-bond donors (Lipinski definition) is 1. The Bertz CT molecular complexity index is 1630. The van der Waals surface area contributed by atoms with Gasteiger partial charge in [0.2, 0.25) is 5.75 Å². The Morgan fingerprint density at radius 1 is 0.947 bits per heavy atom. The number of aryl methyl sites for hydroxylation is 1. The molecule has 0 spiro atoms. The van der Waals surface area contributed by atoms with Gasteiger partial charge in [-0.1, -0.05) is 0 Å². The Kier molecular flexibility index (Phi) is 7.61. The number of rotatable bonds is 8. The molecular weight excluding hydrogens is 499 g/mol. The summed E-state index contributed by atoms with van der Waals surface area (Å²) in [6.07, 6.45) is 1.65. The van der Waals surface area contributed by atoms with Gasteiger partial charge >= 0.3 is 11.8 Å². The van der Waals surface area contributed by atoms with Crippen molar-refractivity contribution < 1.29 is 28.1 Å². The summed E-state index contributed by atoms with van der Waals surface area (Å²) in [6.45, 7) is 3.72. The molecule has 4 rings (SSSR count). The van der Waals surface area contributed by atoms with Crippen LogP contribution in [0.5, 0.6) is 28.7 Å². The summed E-state index contributed by atoms with van der Waals surface area (Å²) in [5.41, 5.74) is -0.639. The van der Waals surface area contributed by atoms with Crippen molar-refractivity contribution in [2.45, 2.75) is 26.9 Å². The lowest BCUT2D eigenvalue weighted by Gasteiger charge is -2.13. The standard InChI is InChI=1S/C26H25FN4O7/c1-5-30-14-23(24(32)31(6-2)26(30)34)38-25(33)29-15-7-8-20(17(27)11-15)37-19-9-10-28-18-13-22(36-4)21(35-3)12-16(18)19/h7-14H,5-6H2,1-4H3,(H,29,33). The molecule has 4 aromatic rings. The van der Waals surface area contributed by atoms with Crippen LogP contribution in [0, 0.1) is 5.82 Å². The van der Waals surface area contributed by atoms with Gasteiger partial charge in [-0.25, -0.2) is 14.0 Å². The van der Waals surface area contributed by atoms with Gasteiger partial charge in [0.1, 0.15) is 5.75 Å². The second-order valence-electron chi connectivity index (χ2n) is 7.91. The van der Waals surface area contributed by atoms with Gasteiger partial charge in [-0.2, -0.15) is 0 Å². The number of anilines is 1. The molecular formula is C26H25FN4O7. The molecule has 0 aliphatic carbocycles. The van der Waals surface area contributed by atoms with E-state index < -0.39 is 23.2 Å². The number of fused-ring (bicyclic) bond motifs is 1. The van der Waals surface area contributed by atoms with Crippen molar-refractivity contribution in [3.05, 3.63) is 75.4 Å². The summed E-state index contributed by atoms with van der Waals surface area (Å²) in [7, 11) is 3.01. The first kappa shape index (κ1) is 26.2. The largest absolute Gasteiger partial charge is 0.493 e. The van der Waals surface area contributed by atoms with Gasteiger partial charge in [-0.3, -0.25) is 24.2 Å². The summed E-state index contributed by atoms with van der Waals surface area (Å²) >= 11 is 0. The van der Waals surface area contributed by atoms with E-state index >= 15 is 0 Å². The first-order valence-corrected chi connectivity index (χ1v) is 11.6. The molecule has 1 N–H and O–H groups in total. The molecule has 0 fully saturated rings. The lowest BCUT2D eigenvalue weighted by Crippen LogP contribution is -2.40. The number of nitrogens with zero attached hydrogens (tertiary/aromatic N) is 3. The van der Waals surface area contributed by atoms with Crippen LogP contribution in [-0.2, 0) is 13.1 Å². The number of carbonyl (C=O) groups is 1. The number of amides is 1. The van der Waals surface area contributed by atoms with E-state index in [2.05, 4.69) is 10.3 Å². The predicted octanol–water partition coefficient (Wildman–Crippen LogP) is 4.16. The SMILES string of the molecule is CCn1cc(OC(=O)Nc2ccc(Oc3ccnc4cc(OC)c(OC)cc34)c(F)c2)c(=O)n(CC)c1=O. The first-order chi connectivity index (χ1) is 18.3. The van der Waals surface area contributed by atoms with Gasteiger partial charge in [0.25, 0.3) is 5.56 Å². The van der Waals surface area contributed by atoms with Crippen molar-refractivity contribution in [3.8, 4) is 28.7 Å². The molecule has 0 saturated heterocycles. The molecule has 2 aromatic carbocycles. The highest BCUT2D eigenvalue weighted by Gasteiger charge is 2.17. The molecule has 38 heavy (non-hydrogen) atoms. The molecule has 11 nitrogen and oxygen atoms in total. The Morgan fingerprint density at radius 2 is 1.68 bits per heavy atom. The monoisotopic (exact) mass is 524 g/mol. The normalized spacial score (nSPS) is 10.8. The zero-order valence-corrected chi connectivity index (χ0v) is 21.1. The molecule has 0 radical (unpaired) electrons. The van der Waals surface area contributed by atoms with Crippen LogP contribution in [-0.4, -0.2) is 34.4 Å². The third-order valence-corrected chi connectivity index (χ3v) is 5.67. The van der Waals surface area contributed by atoms with Crippen molar-refractivity contribution in [1.82, 2.24) is 14.1 Å². The number of aromatic nitrogens is 3. The van der Waals surface area contributed by atoms with Crippen molar-refractivity contribution >= 4 is 22.7 Å². The van der Waals surface area contributed by atoms with E-state index in [-0.39, 0.29) is 30.3 Å². The van der Waals surface area contributed by atoms with Crippen LogP contribution in [0.1, 0.15) is 13.8 Å². The second kappa shape index (κ2) is 11.0. The predicted molar refractivity (Wildman–Crippen MR) is 137 cm³/mol. The third kappa shape index (κ3) is 5.14. The molecule has 0 saturated carbocycles. The number of pyridine rings is 1. The van der Waals surface area contributed by atoms with Crippen molar-refractivity contribution in [1.29, 1.82) is 0 Å². The number of nitrogens with one attached hydrogen (secondary N) is 1. The molecule has 12 heteroatoms. The molecule has 0 aliphatic rings. The maximum atomic E-state index is 14.9. The third-order valence-electron chi connectivity index (χ3n) is 5.67. The van der Waals surface area contributed by atoms with Gasteiger partial charge < -0.3 is 18.9 Å². The highest BCUT2D eigenvalue weighted by atomic mass is 19.1. The van der Waals surface area contributed by atoms with Crippen LogP contribution in [0.15, 0.2) is 58.4 Å². The molecule has 198 valence electrons. The molecule has 0 bridgehead atoms. The Hall–Kier alpha value is -4.87. The lowest BCUT2D eigenvalue weighted by molar-refractivity contribution is 0.213. The Balaban J connectivity index is 1.54. The summed E-state index contributed by atoms with van der Waals surface area (Å²) in [4.78, 5) is 41.4. The molecule has 0 unspecified atom stereocenters. The summed E-state index contributed by atoms with van der Waals surface area (Å²) < 4.78 is 38.7. The van der Waals surface area contributed by atoms with Crippen LogP contribution < -0.4 is 35.5 Å². The second-order valence-corrected chi connectivity index (χ2v) is 7.91. The average Bonchev–Trinajstić information content (AvgIpc) is 2.91. The first-order valence-electron chi connectivity index (χ1n) is 11.6. The Morgan fingerprint density at radius 3 is 2.34 bits per heavy atom. The summed E-state index contributed by atoms with van der Waals surface area (Å²) in [6, 6.07) is 8.71. The van der Waals surface area contributed by atoms with Crippen molar-refractivity contribution in [3.63, 3.8) is 0 Å². The van der Waals surface area contributed by atoms with E-state index in [0.717, 1.165) is 16.8 Å². The Labute approximate surface area is 216 Å². The minimum absolute atomic E-state index is 0.0606. The zero-order valence-electron chi connectivity index (χ0n) is 21.1. The zero-order chi connectivity index (χ0) is 27.4. The van der Waals surface area contributed by atoms with E-state index in [1.54, 1.807) is 32.0 Å². The summed E-state index contributed by atoms with van der Waals surface area (Å²) in [5, 5.41) is 2.93. The molecule has 0 atom stereocenters. The van der Waals surface area contributed by atoms with Gasteiger partial charge in [0, 0.05) is 42.5 Å². The van der Waals surface area contributed by atoms with E-state index in [1.807, 2.05) is 0 Å². The fraction of sp³-hybridized carbons (Fsp3) is 0.231. The minimum atomic E-state index is -1.03. The number of carbonyl (C=O) groups excluding carboxylic acids is 1. The van der Waals surface area contributed by atoms with Gasteiger partial charge in [-0.15, -0.1) is 0 Å². The van der Waals surface area contributed by atoms with Gasteiger partial charge in [0.15, 0.2) is 23.1 Å². The highest BCUT2D eigenvalue weighted by molar-refractivity contribution is 5.88. The minimum Gasteiger partial charge on any atom is -0.493 e. The maximum absolute atomic E-state index is 14.9. The van der Waals surface area contributed by atoms with Gasteiger partial charge in [-0.05, 0) is 38.1 Å². The molecule has 2 heterocycles. The van der Waals surface area contributed by atoms with E-state index in [9.17, 15) is 18.8 Å². The van der Waals surface area contributed by atoms with Crippen LogP contribution in [0.3, 0.4) is 0 Å². The molecule has 1 amide bonds. The number of hydrogen-bond acceptors (Lipinski definition) is 8. The lowest BCUT2D eigenvalue weighted by atomic mass is 10.2. The van der Waals surface area contributed by atoms with Gasteiger partial charge in [0.05, 0.1) is 25.9 Å². The fourth-order valence-corrected chi connectivity index (χ4v) is 3.76. The van der Waals surface area contributed by atoms with E-state index in [0.29, 0.717) is 28.2 Å². The fourth-order valence-electron chi connectivity index (χ4n) is 3.76. The van der Waals surface area contributed by atoms with Crippen LogP contribution >= 0.6 is 0 Å². The summed E-state index contributed by atoms with van der Waals surface area (Å²) in [5.74, 6) is 0.0703. The van der Waals surface area contributed by atoms with E-state index in [4.69, 9.17) is 18.9 Å². The topological polar surface area (TPSA) is 123 Å². The smallest absolute Gasteiger partial charge is 0.417 e. The number of ether oxygens (including phenoxy) is 4. The van der Waals surface area contributed by atoms with Crippen LogP contribution in [0.25, 0.3) is 10.9 Å². The highest BCUT2D eigenvalue weighted by Crippen LogP contribution is 2.37. The number of methoxy groups -OCH3 is 2. The van der Waals surface area contributed by atoms with Crippen LogP contribution in [0.2, 0.25) is 0 Å². The van der Waals surface area contributed by atoms with Crippen molar-refractivity contribution in [2.75, 3.05) is 19.5 Å². The van der Waals surface area contributed by atoms with E-state index in [1.165, 1.54) is 37.1 Å². The number of halogens is 1. The maximum Gasteiger partial charge on any atom is 0.417 e. The average molecular weight is 525 g/mol. The number of benzene rings is 2. The van der Waals surface area contributed by atoms with Crippen molar-refractivity contribution in [2.24, 2.45) is 0 Å².